The monoisotopic (exact) mass is 288 g/mol. The molecule has 0 aliphatic carbocycles. The molecule has 1 aromatic carbocycles. The lowest BCUT2D eigenvalue weighted by Crippen LogP contribution is -2.65. The Morgan fingerprint density at radius 3 is 2.19 bits per heavy atom. The highest BCUT2D eigenvalue weighted by Gasteiger charge is 2.43. The van der Waals surface area contributed by atoms with Crippen LogP contribution in [-0.4, -0.2) is 28.8 Å². The fourth-order valence-electron chi connectivity index (χ4n) is 3.15. The van der Waals surface area contributed by atoms with Crippen LogP contribution in [-0.2, 0) is 16.1 Å². The van der Waals surface area contributed by atoms with Crippen LogP contribution in [0.15, 0.2) is 18.2 Å². The molecule has 2 rings (SSSR count). The predicted octanol–water partition coefficient (Wildman–Crippen LogP) is 2.32. The predicted molar refractivity (Wildman–Crippen MR) is 82.8 cm³/mol. The van der Waals surface area contributed by atoms with Gasteiger partial charge in [-0.25, -0.2) is 0 Å². The molecule has 1 N–H and O–H groups in total. The van der Waals surface area contributed by atoms with Gasteiger partial charge in [0.15, 0.2) is 0 Å². The van der Waals surface area contributed by atoms with E-state index in [1.807, 2.05) is 27.7 Å². The summed E-state index contributed by atoms with van der Waals surface area (Å²) in [5.74, 6) is -0.0334. The summed E-state index contributed by atoms with van der Waals surface area (Å²) in [4.78, 5) is 26.4. The zero-order valence-electron chi connectivity index (χ0n) is 13.3. The highest BCUT2D eigenvalue weighted by molar-refractivity contribution is 5.97. The first-order valence-electron chi connectivity index (χ1n) is 7.57. The molecule has 0 radical (unpaired) electrons. The minimum absolute atomic E-state index is 0.0336. The van der Waals surface area contributed by atoms with Crippen LogP contribution in [0.3, 0.4) is 0 Å². The molecule has 2 amide bonds. The quantitative estimate of drug-likeness (QED) is 0.924. The number of carbonyl (C=O) groups is 2. The highest BCUT2D eigenvalue weighted by atomic mass is 16.2. The molecule has 1 aliphatic heterocycles. The van der Waals surface area contributed by atoms with Crippen molar-refractivity contribution in [3.05, 3.63) is 34.9 Å². The zero-order valence-corrected chi connectivity index (χ0v) is 13.3. The van der Waals surface area contributed by atoms with Crippen LogP contribution in [0.2, 0.25) is 0 Å². The first-order chi connectivity index (χ1) is 9.90. The molecule has 0 aromatic heterocycles. The van der Waals surface area contributed by atoms with Gasteiger partial charge in [0, 0.05) is 6.54 Å². The Bertz CT molecular complexity index is 542. The SMILES string of the molecule is CCC1(CC)NC(=O)CN(Cc2cc(C)cc(C)c2)C1=O. The summed E-state index contributed by atoms with van der Waals surface area (Å²) in [6, 6.07) is 6.26. The molecule has 0 atom stereocenters. The Balaban J connectivity index is 2.26. The third kappa shape index (κ3) is 3.09. The lowest BCUT2D eigenvalue weighted by molar-refractivity contribution is -0.151. The summed E-state index contributed by atoms with van der Waals surface area (Å²) < 4.78 is 0. The molecule has 1 fully saturated rings. The van der Waals surface area contributed by atoms with Gasteiger partial charge < -0.3 is 10.2 Å². The summed E-state index contributed by atoms with van der Waals surface area (Å²) in [6.45, 7) is 8.63. The third-order valence-corrected chi connectivity index (χ3v) is 4.27. The average molecular weight is 288 g/mol. The van der Waals surface area contributed by atoms with Crippen molar-refractivity contribution >= 4 is 11.8 Å². The molecule has 0 saturated carbocycles. The molecule has 1 aromatic rings. The minimum atomic E-state index is -0.728. The summed E-state index contributed by atoms with van der Waals surface area (Å²) in [6.07, 6.45) is 1.24. The van der Waals surface area contributed by atoms with Gasteiger partial charge in [0.1, 0.15) is 5.54 Å². The van der Waals surface area contributed by atoms with Crippen molar-refractivity contribution in [1.82, 2.24) is 10.2 Å². The number of nitrogens with one attached hydrogen (secondary N) is 1. The second-order valence-corrected chi connectivity index (χ2v) is 5.99. The van der Waals surface area contributed by atoms with Gasteiger partial charge in [0.2, 0.25) is 11.8 Å². The van der Waals surface area contributed by atoms with Crippen LogP contribution in [0.25, 0.3) is 0 Å². The number of nitrogens with zero attached hydrogens (tertiary/aromatic N) is 1. The number of aryl methyl sites for hydroxylation is 2. The Morgan fingerprint density at radius 2 is 1.67 bits per heavy atom. The minimum Gasteiger partial charge on any atom is -0.340 e. The fraction of sp³-hybridized carbons (Fsp3) is 0.529. The lowest BCUT2D eigenvalue weighted by Gasteiger charge is -2.41. The number of benzene rings is 1. The van der Waals surface area contributed by atoms with Gasteiger partial charge in [-0.3, -0.25) is 9.59 Å². The Hall–Kier alpha value is -1.84. The van der Waals surface area contributed by atoms with E-state index < -0.39 is 5.54 Å². The van der Waals surface area contributed by atoms with Crippen molar-refractivity contribution in [2.24, 2.45) is 0 Å². The van der Waals surface area contributed by atoms with Crippen LogP contribution in [0.4, 0.5) is 0 Å². The van der Waals surface area contributed by atoms with Crippen LogP contribution < -0.4 is 5.32 Å². The van der Waals surface area contributed by atoms with Crippen LogP contribution in [0.1, 0.15) is 43.4 Å². The number of amides is 2. The van der Waals surface area contributed by atoms with Crippen LogP contribution in [0.5, 0.6) is 0 Å². The lowest BCUT2D eigenvalue weighted by atomic mass is 9.88. The molecule has 0 unspecified atom stereocenters. The molecule has 21 heavy (non-hydrogen) atoms. The van der Waals surface area contributed by atoms with Crippen molar-refractivity contribution in [2.75, 3.05) is 6.54 Å². The third-order valence-electron chi connectivity index (χ3n) is 4.27. The van der Waals surface area contributed by atoms with E-state index in [1.165, 1.54) is 11.1 Å². The number of rotatable bonds is 4. The van der Waals surface area contributed by atoms with E-state index in [0.29, 0.717) is 19.4 Å². The van der Waals surface area contributed by atoms with E-state index in [1.54, 1.807) is 4.90 Å². The van der Waals surface area contributed by atoms with E-state index in [9.17, 15) is 9.59 Å². The molecule has 114 valence electrons. The van der Waals surface area contributed by atoms with E-state index in [-0.39, 0.29) is 18.4 Å². The average Bonchev–Trinajstić information content (AvgIpc) is 2.41. The second-order valence-electron chi connectivity index (χ2n) is 5.99. The van der Waals surface area contributed by atoms with Gasteiger partial charge >= 0.3 is 0 Å². The summed E-state index contributed by atoms with van der Waals surface area (Å²) in [5, 5.41) is 2.89. The summed E-state index contributed by atoms with van der Waals surface area (Å²) in [5.41, 5.74) is 2.71. The molecule has 4 nitrogen and oxygen atoms in total. The Morgan fingerprint density at radius 1 is 1.10 bits per heavy atom. The van der Waals surface area contributed by atoms with E-state index >= 15 is 0 Å². The van der Waals surface area contributed by atoms with Gasteiger partial charge in [0.25, 0.3) is 0 Å². The molecule has 1 aliphatic rings. The Labute approximate surface area is 126 Å². The second kappa shape index (κ2) is 5.88. The van der Waals surface area contributed by atoms with E-state index in [2.05, 4.69) is 23.5 Å². The topological polar surface area (TPSA) is 49.4 Å². The summed E-state index contributed by atoms with van der Waals surface area (Å²) >= 11 is 0. The van der Waals surface area contributed by atoms with Gasteiger partial charge in [0.05, 0.1) is 6.54 Å². The zero-order chi connectivity index (χ0) is 15.6. The summed E-state index contributed by atoms with van der Waals surface area (Å²) in [7, 11) is 0. The van der Waals surface area contributed by atoms with Crippen molar-refractivity contribution in [3.8, 4) is 0 Å². The maximum absolute atomic E-state index is 12.7. The van der Waals surface area contributed by atoms with E-state index in [4.69, 9.17) is 0 Å². The van der Waals surface area contributed by atoms with Crippen LogP contribution >= 0.6 is 0 Å². The number of carbonyl (C=O) groups excluding carboxylic acids is 2. The number of piperazine rings is 1. The van der Waals surface area contributed by atoms with Crippen molar-refractivity contribution in [1.29, 1.82) is 0 Å². The number of hydrogen-bond donors (Lipinski definition) is 1. The molecular formula is C17H24N2O2. The molecule has 1 saturated heterocycles. The standard InChI is InChI=1S/C17H24N2O2/c1-5-17(6-2)16(21)19(11-15(20)18-17)10-14-8-12(3)7-13(4)9-14/h7-9H,5-6,10-11H2,1-4H3,(H,18,20). The van der Waals surface area contributed by atoms with Crippen molar-refractivity contribution in [3.63, 3.8) is 0 Å². The first-order valence-corrected chi connectivity index (χ1v) is 7.57. The van der Waals surface area contributed by atoms with Gasteiger partial charge in [-0.1, -0.05) is 43.2 Å². The van der Waals surface area contributed by atoms with Gasteiger partial charge in [-0.15, -0.1) is 0 Å². The molecule has 0 spiro atoms. The molecule has 1 heterocycles. The molecular weight excluding hydrogens is 264 g/mol. The van der Waals surface area contributed by atoms with E-state index in [0.717, 1.165) is 5.56 Å². The maximum atomic E-state index is 12.7. The number of hydrogen-bond acceptors (Lipinski definition) is 2. The fourth-order valence-corrected chi connectivity index (χ4v) is 3.15. The maximum Gasteiger partial charge on any atom is 0.249 e. The Kier molecular flexibility index (Phi) is 4.35. The highest BCUT2D eigenvalue weighted by Crippen LogP contribution is 2.24. The first kappa shape index (κ1) is 15.5. The van der Waals surface area contributed by atoms with Gasteiger partial charge in [-0.05, 0) is 32.3 Å². The van der Waals surface area contributed by atoms with Crippen LogP contribution in [0, 0.1) is 13.8 Å². The van der Waals surface area contributed by atoms with Crippen molar-refractivity contribution in [2.45, 2.75) is 52.6 Å². The normalized spacial score (nSPS) is 17.8. The largest absolute Gasteiger partial charge is 0.340 e. The van der Waals surface area contributed by atoms with Gasteiger partial charge in [-0.2, -0.15) is 0 Å². The molecule has 4 heteroatoms. The molecule has 0 bridgehead atoms. The van der Waals surface area contributed by atoms with Crippen molar-refractivity contribution < 1.29 is 9.59 Å². The smallest absolute Gasteiger partial charge is 0.249 e.